The van der Waals surface area contributed by atoms with Crippen LogP contribution in [0.1, 0.15) is 22.8 Å². The Morgan fingerprint density at radius 1 is 1.19 bits per heavy atom. The minimum absolute atomic E-state index is 0.207. The fourth-order valence-corrected chi connectivity index (χ4v) is 3.40. The van der Waals surface area contributed by atoms with Crippen molar-refractivity contribution < 1.29 is 18.7 Å². The highest BCUT2D eigenvalue weighted by Crippen LogP contribution is 2.45. The number of hydrogen-bond donors (Lipinski definition) is 1. The van der Waals surface area contributed by atoms with Crippen molar-refractivity contribution in [2.75, 3.05) is 19.5 Å². The molecule has 7 heteroatoms. The lowest BCUT2D eigenvalue weighted by atomic mass is 10.1. The number of fused-ring (bicyclic) bond motifs is 3. The number of methoxy groups -OCH3 is 2. The molecule has 0 fully saturated rings. The highest BCUT2D eigenvalue weighted by Gasteiger charge is 2.30. The molecule has 1 heterocycles. The van der Waals surface area contributed by atoms with Crippen LogP contribution >= 0.6 is 0 Å². The van der Waals surface area contributed by atoms with Crippen LogP contribution in [0.4, 0.5) is 15.9 Å². The minimum Gasteiger partial charge on any atom is -0.493 e. The van der Waals surface area contributed by atoms with Crippen molar-refractivity contribution in [3.63, 3.8) is 0 Å². The fourth-order valence-electron chi connectivity index (χ4n) is 3.40. The van der Waals surface area contributed by atoms with Gasteiger partial charge in [-0.2, -0.15) is 4.68 Å². The molecule has 4 rings (SSSR count). The van der Waals surface area contributed by atoms with Crippen LogP contribution in [0.3, 0.4) is 0 Å². The number of halogens is 1. The third-order valence-corrected chi connectivity index (χ3v) is 4.60. The van der Waals surface area contributed by atoms with Gasteiger partial charge in [0.25, 0.3) is 0 Å². The number of anilines is 2. The molecule has 0 amide bonds. The number of rotatable bonds is 4. The van der Waals surface area contributed by atoms with Crippen LogP contribution in [-0.2, 0) is 6.42 Å². The van der Waals surface area contributed by atoms with Gasteiger partial charge in [0.1, 0.15) is 5.82 Å². The molecule has 0 atom stereocenters. The van der Waals surface area contributed by atoms with Gasteiger partial charge in [0.15, 0.2) is 17.3 Å². The Labute approximate surface area is 155 Å². The van der Waals surface area contributed by atoms with E-state index in [0.717, 1.165) is 22.4 Å². The van der Waals surface area contributed by atoms with Crippen LogP contribution in [0.25, 0.3) is 11.3 Å². The third-order valence-electron chi connectivity index (χ3n) is 4.60. The number of benzene rings is 2. The van der Waals surface area contributed by atoms with E-state index in [4.69, 9.17) is 9.47 Å². The van der Waals surface area contributed by atoms with E-state index < -0.39 is 0 Å². The first-order valence-corrected chi connectivity index (χ1v) is 8.42. The van der Waals surface area contributed by atoms with Gasteiger partial charge in [-0.25, -0.2) is 4.39 Å². The third kappa shape index (κ3) is 2.81. The van der Waals surface area contributed by atoms with E-state index in [0.29, 0.717) is 29.4 Å². The summed E-state index contributed by atoms with van der Waals surface area (Å²) in [7, 11) is 3.15. The molecular formula is C20H18FN3O3. The summed E-state index contributed by atoms with van der Waals surface area (Å²) in [6.45, 7) is 1.46. The second-order valence-corrected chi connectivity index (χ2v) is 6.28. The van der Waals surface area contributed by atoms with Crippen molar-refractivity contribution in [1.29, 1.82) is 0 Å². The van der Waals surface area contributed by atoms with Crippen LogP contribution in [0.2, 0.25) is 0 Å². The summed E-state index contributed by atoms with van der Waals surface area (Å²) in [4.78, 5) is 12.2. The molecule has 0 radical (unpaired) electrons. The molecule has 6 nitrogen and oxygen atoms in total. The second kappa shape index (κ2) is 6.42. The highest BCUT2D eigenvalue weighted by atomic mass is 19.1. The molecule has 0 saturated carbocycles. The predicted octanol–water partition coefficient (Wildman–Crippen LogP) is 4.01. The first-order valence-electron chi connectivity index (χ1n) is 8.42. The topological polar surface area (TPSA) is 65.4 Å². The zero-order valence-electron chi connectivity index (χ0n) is 15.2. The van der Waals surface area contributed by atoms with Gasteiger partial charge in [0, 0.05) is 30.2 Å². The number of aromatic nitrogens is 2. The van der Waals surface area contributed by atoms with Gasteiger partial charge in [0.05, 0.1) is 19.9 Å². The molecule has 0 bridgehead atoms. The standard InChI is InChI=1S/C20H18FN3O3/c1-11(25)24-19-15-10-18(27-3)17(26-2)8-12(15)7-16(19)20(23-24)22-14-6-4-5-13(21)9-14/h4-6,8-10H,7H2,1-3H3,(H,22,23). The quantitative estimate of drug-likeness (QED) is 0.590. The number of carbonyl (C=O) groups excluding carboxylic acids is 1. The number of carbonyl (C=O) groups is 1. The van der Waals surface area contributed by atoms with Crippen LogP contribution in [0.5, 0.6) is 11.5 Å². The van der Waals surface area contributed by atoms with Crippen molar-refractivity contribution in [2.45, 2.75) is 13.3 Å². The van der Waals surface area contributed by atoms with Crippen LogP contribution in [-0.4, -0.2) is 29.9 Å². The van der Waals surface area contributed by atoms with Gasteiger partial charge in [-0.05, 0) is 35.9 Å². The first-order chi connectivity index (χ1) is 13.0. The zero-order valence-corrected chi connectivity index (χ0v) is 15.2. The molecule has 1 aromatic heterocycles. The van der Waals surface area contributed by atoms with Crippen molar-refractivity contribution in [1.82, 2.24) is 9.78 Å². The smallest absolute Gasteiger partial charge is 0.244 e. The minimum atomic E-state index is -0.347. The van der Waals surface area contributed by atoms with E-state index in [9.17, 15) is 9.18 Å². The number of nitrogens with one attached hydrogen (secondary N) is 1. The van der Waals surface area contributed by atoms with Crippen LogP contribution in [0, 0.1) is 5.82 Å². The first kappa shape index (κ1) is 17.1. The summed E-state index contributed by atoms with van der Waals surface area (Å²) in [6.07, 6.45) is 0.579. The average Bonchev–Trinajstić information content (AvgIpc) is 3.18. The molecule has 0 spiro atoms. The van der Waals surface area contributed by atoms with E-state index in [-0.39, 0.29) is 11.7 Å². The molecular weight excluding hydrogens is 349 g/mol. The molecule has 0 unspecified atom stereocenters. The highest BCUT2D eigenvalue weighted by molar-refractivity contribution is 5.89. The van der Waals surface area contributed by atoms with E-state index in [2.05, 4.69) is 10.4 Å². The van der Waals surface area contributed by atoms with Crippen molar-refractivity contribution in [3.8, 4) is 22.8 Å². The van der Waals surface area contributed by atoms with Crippen LogP contribution < -0.4 is 14.8 Å². The second-order valence-electron chi connectivity index (χ2n) is 6.28. The number of ether oxygens (including phenoxy) is 2. The SMILES string of the molecule is COc1cc2c(cc1OC)-c1c(c(Nc3cccc(F)c3)nn1C(C)=O)C2. The van der Waals surface area contributed by atoms with Gasteiger partial charge >= 0.3 is 0 Å². The lowest BCUT2D eigenvalue weighted by molar-refractivity contribution is 0.0923. The van der Waals surface area contributed by atoms with Crippen molar-refractivity contribution in [2.24, 2.45) is 0 Å². The molecule has 1 aliphatic carbocycles. The molecule has 1 aliphatic rings. The number of hydrogen-bond acceptors (Lipinski definition) is 5. The van der Waals surface area contributed by atoms with E-state index in [1.54, 1.807) is 26.4 Å². The van der Waals surface area contributed by atoms with Gasteiger partial charge in [-0.3, -0.25) is 4.79 Å². The van der Waals surface area contributed by atoms with Gasteiger partial charge < -0.3 is 14.8 Å². The fraction of sp³-hybridized carbons (Fsp3) is 0.200. The molecule has 3 aromatic rings. The summed E-state index contributed by atoms with van der Waals surface area (Å²) in [5.41, 5.74) is 4.05. The largest absolute Gasteiger partial charge is 0.493 e. The van der Waals surface area contributed by atoms with Gasteiger partial charge in [-0.15, -0.1) is 5.10 Å². The van der Waals surface area contributed by atoms with Gasteiger partial charge in [0.2, 0.25) is 5.91 Å². The summed E-state index contributed by atoms with van der Waals surface area (Å²) in [6, 6.07) is 9.88. The summed E-state index contributed by atoms with van der Waals surface area (Å²) in [5.74, 6) is 1.19. The molecule has 1 N–H and O–H groups in total. The molecule has 138 valence electrons. The van der Waals surface area contributed by atoms with Crippen molar-refractivity contribution in [3.05, 3.63) is 53.3 Å². The van der Waals surface area contributed by atoms with E-state index in [1.807, 2.05) is 12.1 Å². The summed E-state index contributed by atoms with van der Waals surface area (Å²) >= 11 is 0. The lowest BCUT2D eigenvalue weighted by Gasteiger charge is -2.11. The Kier molecular flexibility index (Phi) is 4.07. The Balaban J connectivity index is 1.84. The Morgan fingerprint density at radius 3 is 2.59 bits per heavy atom. The molecule has 0 saturated heterocycles. The Bertz CT molecular complexity index is 1060. The predicted molar refractivity (Wildman–Crippen MR) is 99.6 cm³/mol. The van der Waals surface area contributed by atoms with Gasteiger partial charge in [-0.1, -0.05) is 6.07 Å². The van der Waals surface area contributed by atoms with Crippen LogP contribution in [0.15, 0.2) is 36.4 Å². The zero-order chi connectivity index (χ0) is 19.1. The van der Waals surface area contributed by atoms with Crippen molar-refractivity contribution >= 4 is 17.4 Å². The Hall–Kier alpha value is -3.35. The lowest BCUT2D eigenvalue weighted by Crippen LogP contribution is -2.09. The molecule has 0 aliphatic heterocycles. The monoisotopic (exact) mass is 367 g/mol. The summed E-state index contributed by atoms with van der Waals surface area (Å²) in [5, 5.41) is 7.54. The maximum atomic E-state index is 13.5. The molecule has 2 aromatic carbocycles. The van der Waals surface area contributed by atoms with E-state index in [1.165, 1.54) is 23.7 Å². The Morgan fingerprint density at radius 2 is 1.93 bits per heavy atom. The van der Waals surface area contributed by atoms with E-state index >= 15 is 0 Å². The average molecular weight is 367 g/mol. The summed E-state index contributed by atoms with van der Waals surface area (Å²) < 4.78 is 25.7. The maximum absolute atomic E-state index is 13.5. The molecule has 27 heavy (non-hydrogen) atoms. The number of nitrogens with zero attached hydrogens (tertiary/aromatic N) is 2. The normalized spacial score (nSPS) is 11.7. The maximum Gasteiger partial charge on any atom is 0.244 e.